The number of hydrogen-bond acceptors (Lipinski definition) is 3. The quantitative estimate of drug-likeness (QED) is 0.650. The number of fused-ring (bicyclic) bond motifs is 3. The molecule has 3 aromatic rings. The molecule has 5 rings (SSSR count). The smallest absolute Gasteiger partial charge is 0.109 e. The maximum atomic E-state index is 6.76. The fraction of sp³-hybridized carbons (Fsp3) is 0.435. The summed E-state index contributed by atoms with van der Waals surface area (Å²) in [4.78, 5) is 6.64. The van der Waals surface area contributed by atoms with Gasteiger partial charge in [-0.25, -0.2) is 0 Å². The highest BCUT2D eigenvalue weighted by atomic mass is 16.5. The minimum atomic E-state index is -0.372. The van der Waals surface area contributed by atoms with Gasteiger partial charge in [-0.05, 0) is 63.2 Å². The van der Waals surface area contributed by atoms with E-state index in [0.717, 1.165) is 19.6 Å². The Kier molecular flexibility index (Phi) is 3.72. The first kappa shape index (κ1) is 17.0. The number of aromatic nitrogens is 2. The molecule has 0 bridgehead atoms. The van der Waals surface area contributed by atoms with Crippen molar-refractivity contribution in [2.45, 2.75) is 51.5 Å². The Hall–Kier alpha value is -2.17. The summed E-state index contributed by atoms with van der Waals surface area (Å²) in [5.74, 6) is 0.384. The van der Waals surface area contributed by atoms with E-state index in [4.69, 9.17) is 4.74 Å². The molecule has 0 saturated carbocycles. The Labute approximate surface area is 160 Å². The SMILES string of the molecule is Cc1ccc2c(c1)c1c3n2CC(C)(c2ccncc2)OC(C)C3CN(C)C1. The van der Waals surface area contributed by atoms with Crippen LogP contribution in [-0.4, -0.2) is 34.1 Å². The molecule has 2 aromatic heterocycles. The summed E-state index contributed by atoms with van der Waals surface area (Å²) in [6.07, 6.45) is 3.88. The fourth-order valence-corrected chi connectivity index (χ4v) is 5.14. The van der Waals surface area contributed by atoms with Crippen molar-refractivity contribution in [2.24, 2.45) is 0 Å². The number of nitrogens with zero attached hydrogens (tertiary/aromatic N) is 3. The van der Waals surface area contributed by atoms with E-state index >= 15 is 0 Å². The van der Waals surface area contributed by atoms with E-state index in [9.17, 15) is 0 Å². The first-order chi connectivity index (χ1) is 13.0. The molecule has 3 unspecified atom stereocenters. The van der Waals surface area contributed by atoms with Crippen LogP contribution in [0.3, 0.4) is 0 Å². The second-order valence-electron chi connectivity index (χ2n) is 8.56. The van der Waals surface area contributed by atoms with E-state index in [1.54, 1.807) is 0 Å². The van der Waals surface area contributed by atoms with E-state index in [-0.39, 0.29) is 11.7 Å². The highest BCUT2D eigenvalue weighted by molar-refractivity contribution is 5.87. The Morgan fingerprint density at radius 3 is 2.74 bits per heavy atom. The molecule has 0 spiro atoms. The van der Waals surface area contributed by atoms with Crippen LogP contribution in [0.15, 0.2) is 42.7 Å². The van der Waals surface area contributed by atoms with Gasteiger partial charge < -0.3 is 14.2 Å². The van der Waals surface area contributed by atoms with Gasteiger partial charge in [-0.2, -0.15) is 0 Å². The van der Waals surface area contributed by atoms with Crippen LogP contribution in [0, 0.1) is 6.92 Å². The lowest BCUT2D eigenvalue weighted by Crippen LogP contribution is -2.38. The Morgan fingerprint density at radius 2 is 1.96 bits per heavy atom. The zero-order chi connectivity index (χ0) is 18.8. The number of aryl methyl sites for hydroxylation is 1. The summed E-state index contributed by atoms with van der Waals surface area (Å²) in [7, 11) is 2.22. The van der Waals surface area contributed by atoms with Crippen molar-refractivity contribution in [1.82, 2.24) is 14.5 Å². The second kappa shape index (κ2) is 5.91. The van der Waals surface area contributed by atoms with Crippen molar-refractivity contribution < 1.29 is 4.74 Å². The average molecular weight is 361 g/mol. The third-order valence-corrected chi connectivity index (χ3v) is 6.42. The average Bonchev–Trinajstić information content (AvgIpc) is 2.87. The molecule has 0 fully saturated rings. The van der Waals surface area contributed by atoms with Gasteiger partial charge in [0.05, 0.1) is 12.6 Å². The predicted octanol–water partition coefficient (Wildman–Crippen LogP) is 4.21. The number of likely N-dealkylation sites (N-methyl/N-ethyl adjacent to an activating group) is 1. The van der Waals surface area contributed by atoms with Crippen molar-refractivity contribution in [3.63, 3.8) is 0 Å². The summed E-state index contributed by atoms with van der Waals surface area (Å²) in [5.41, 5.74) is 6.46. The van der Waals surface area contributed by atoms with Gasteiger partial charge >= 0.3 is 0 Å². The van der Waals surface area contributed by atoms with Gasteiger partial charge in [-0.15, -0.1) is 0 Å². The number of ether oxygens (including phenoxy) is 1. The van der Waals surface area contributed by atoms with Gasteiger partial charge in [0.25, 0.3) is 0 Å². The normalized spacial score (nSPS) is 28.1. The molecule has 4 nitrogen and oxygen atoms in total. The molecule has 0 radical (unpaired) electrons. The minimum absolute atomic E-state index is 0.149. The molecule has 27 heavy (non-hydrogen) atoms. The molecule has 1 aromatic carbocycles. The fourth-order valence-electron chi connectivity index (χ4n) is 5.14. The zero-order valence-corrected chi connectivity index (χ0v) is 16.6. The van der Waals surface area contributed by atoms with E-state index in [0.29, 0.717) is 5.92 Å². The van der Waals surface area contributed by atoms with Gasteiger partial charge in [-0.3, -0.25) is 4.98 Å². The molecule has 3 atom stereocenters. The van der Waals surface area contributed by atoms with Gasteiger partial charge in [-0.1, -0.05) is 11.6 Å². The van der Waals surface area contributed by atoms with Gasteiger partial charge in [0.15, 0.2) is 0 Å². The largest absolute Gasteiger partial charge is 0.365 e. The van der Waals surface area contributed by atoms with Gasteiger partial charge in [0, 0.05) is 48.0 Å². The maximum absolute atomic E-state index is 6.76. The minimum Gasteiger partial charge on any atom is -0.365 e. The Morgan fingerprint density at radius 1 is 1.19 bits per heavy atom. The Balaban J connectivity index is 1.77. The zero-order valence-electron chi connectivity index (χ0n) is 16.6. The molecule has 0 aliphatic carbocycles. The summed E-state index contributed by atoms with van der Waals surface area (Å²) in [6.45, 7) is 9.54. The van der Waals surface area contributed by atoms with Crippen LogP contribution in [0.4, 0.5) is 0 Å². The van der Waals surface area contributed by atoms with E-state index in [1.165, 1.54) is 33.3 Å². The van der Waals surface area contributed by atoms with Crippen LogP contribution in [0.2, 0.25) is 0 Å². The third-order valence-electron chi connectivity index (χ3n) is 6.42. The van der Waals surface area contributed by atoms with E-state index in [1.807, 2.05) is 12.4 Å². The second-order valence-corrected chi connectivity index (χ2v) is 8.56. The number of hydrogen-bond donors (Lipinski definition) is 0. The standard InChI is InChI=1S/C23H27N3O/c1-15-5-6-21-18(11-15)20-13-25(4)12-19-16(2)27-23(3,14-26(21)22(19)20)17-7-9-24-10-8-17/h5-11,16,19H,12-14H2,1-4H3. The van der Waals surface area contributed by atoms with Crippen molar-refractivity contribution in [1.29, 1.82) is 0 Å². The van der Waals surface area contributed by atoms with Crippen LogP contribution in [0.5, 0.6) is 0 Å². The van der Waals surface area contributed by atoms with Crippen LogP contribution in [-0.2, 0) is 23.4 Å². The van der Waals surface area contributed by atoms with Crippen molar-refractivity contribution >= 4 is 10.9 Å². The highest BCUT2D eigenvalue weighted by Gasteiger charge is 2.42. The predicted molar refractivity (Wildman–Crippen MR) is 108 cm³/mol. The van der Waals surface area contributed by atoms with Gasteiger partial charge in [0.2, 0.25) is 0 Å². The van der Waals surface area contributed by atoms with E-state index in [2.05, 4.69) is 72.6 Å². The molecule has 140 valence electrons. The molecule has 0 N–H and O–H groups in total. The lowest BCUT2D eigenvalue weighted by Gasteiger charge is -2.35. The summed E-state index contributed by atoms with van der Waals surface area (Å²) >= 11 is 0. The number of benzene rings is 1. The van der Waals surface area contributed by atoms with Crippen molar-refractivity contribution in [2.75, 3.05) is 13.6 Å². The maximum Gasteiger partial charge on any atom is 0.109 e. The molecule has 0 saturated heterocycles. The monoisotopic (exact) mass is 361 g/mol. The summed E-state index contributed by atoms with van der Waals surface area (Å²) < 4.78 is 9.31. The molecular formula is C23H27N3O. The highest BCUT2D eigenvalue weighted by Crippen LogP contribution is 2.44. The molecule has 4 heterocycles. The molecular weight excluding hydrogens is 334 g/mol. The first-order valence-corrected chi connectivity index (χ1v) is 9.85. The van der Waals surface area contributed by atoms with Crippen molar-refractivity contribution in [3.05, 3.63) is 65.1 Å². The van der Waals surface area contributed by atoms with Crippen LogP contribution >= 0.6 is 0 Å². The lowest BCUT2D eigenvalue weighted by atomic mass is 9.91. The lowest BCUT2D eigenvalue weighted by molar-refractivity contribution is -0.0930. The van der Waals surface area contributed by atoms with E-state index < -0.39 is 0 Å². The van der Waals surface area contributed by atoms with Crippen LogP contribution < -0.4 is 0 Å². The topological polar surface area (TPSA) is 30.3 Å². The van der Waals surface area contributed by atoms with Crippen LogP contribution in [0.1, 0.15) is 42.1 Å². The van der Waals surface area contributed by atoms with Crippen molar-refractivity contribution in [3.8, 4) is 0 Å². The summed E-state index contributed by atoms with van der Waals surface area (Å²) in [6, 6.07) is 11.1. The number of rotatable bonds is 1. The number of pyridine rings is 1. The van der Waals surface area contributed by atoms with Crippen LogP contribution in [0.25, 0.3) is 10.9 Å². The molecule has 2 aliphatic heterocycles. The Bertz CT molecular complexity index is 1010. The molecule has 4 heteroatoms. The summed E-state index contributed by atoms with van der Waals surface area (Å²) in [5, 5.41) is 1.41. The molecule has 2 aliphatic rings. The van der Waals surface area contributed by atoms with Gasteiger partial charge in [0.1, 0.15) is 5.60 Å². The third kappa shape index (κ3) is 2.54. The molecule has 0 amide bonds. The first-order valence-electron chi connectivity index (χ1n) is 9.85.